The minimum Gasteiger partial charge on any atom is -0.390 e. The Morgan fingerprint density at radius 3 is 2.52 bits per heavy atom. The molecule has 0 aromatic heterocycles. The van der Waals surface area contributed by atoms with E-state index in [2.05, 4.69) is 16.0 Å². The van der Waals surface area contributed by atoms with Gasteiger partial charge in [0.05, 0.1) is 28.5 Å². The van der Waals surface area contributed by atoms with Crippen molar-refractivity contribution >= 4 is 33.7 Å². The molecule has 1 aliphatic rings. The molecule has 2 unspecified atom stereocenters. The standard InChI is InChI=1S/C30H39N5O6S/c1-2-32-25-17-24(18-27(19-25)34-13-6-7-14-42(34,40)41)30(37)33-28(16-22-9-4-3-5-10-22)29(36)21-31-20-23-11-8-12-26(15-23)35(38)39/h3-5,8-12,15,17-19,28-29,31-32,36,40-41H,2,6-7,13-14,16,20-21H2,1H3,(H,33,37). The molecule has 11 nitrogen and oxygen atoms in total. The Kier molecular flexibility index (Phi) is 10.8. The summed E-state index contributed by atoms with van der Waals surface area (Å²) in [5.41, 5.74) is 3.20. The summed E-state index contributed by atoms with van der Waals surface area (Å²) in [5.74, 6) is -0.114. The number of aliphatic hydroxyl groups excluding tert-OH is 1. The highest BCUT2D eigenvalue weighted by molar-refractivity contribution is 8.25. The molecule has 2 atom stereocenters. The number of non-ortho nitro benzene ring substituents is 1. The third-order valence-corrected chi connectivity index (χ3v) is 9.05. The number of nitrogens with one attached hydrogen (secondary N) is 3. The van der Waals surface area contributed by atoms with Crippen molar-refractivity contribution in [3.8, 4) is 0 Å². The highest BCUT2D eigenvalue weighted by Gasteiger charge is 2.28. The largest absolute Gasteiger partial charge is 0.390 e. The van der Waals surface area contributed by atoms with Gasteiger partial charge in [-0.1, -0.05) is 42.5 Å². The topological polar surface area (TPSA) is 160 Å². The van der Waals surface area contributed by atoms with Gasteiger partial charge in [0.25, 0.3) is 11.6 Å². The summed E-state index contributed by atoms with van der Waals surface area (Å²) in [4.78, 5) is 24.3. The lowest BCUT2D eigenvalue weighted by atomic mass is 10.00. The second-order valence-electron chi connectivity index (χ2n) is 10.3. The first kappa shape index (κ1) is 31.3. The van der Waals surface area contributed by atoms with Crippen LogP contribution in [0, 0.1) is 10.1 Å². The van der Waals surface area contributed by atoms with Crippen LogP contribution in [0.1, 0.15) is 41.3 Å². The molecule has 3 aromatic carbocycles. The number of anilines is 2. The van der Waals surface area contributed by atoms with Crippen molar-refractivity contribution in [3.05, 3.63) is 99.6 Å². The summed E-state index contributed by atoms with van der Waals surface area (Å²) in [6.07, 6.45) is 0.946. The maximum absolute atomic E-state index is 13.6. The number of nitro groups is 1. The van der Waals surface area contributed by atoms with Crippen molar-refractivity contribution in [2.24, 2.45) is 0 Å². The van der Waals surface area contributed by atoms with Crippen molar-refractivity contribution in [2.75, 3.05) is 35.0 Å². The molecule has 0 spiro atoms. The highest BCUT2D eigenvalue weighted by atomic mass is 32.3. The molecule has 42 heavy (non-hydrogen) atoms. The van der Waals surface area contributed by atoms with Crippen LogP contribution in [0.2, 0.25) is 0 Å². The number of nitrogens with zero attached hydrogens (tertiary/aromatic N) is 2. The lowest BCUT2D eigenvalue weighted by Crippen LogP contribution is -2.48. The molecule has 3 aromatic rings. The Hall–Kier alpha value is -3.68. The molecular weight excluding hydrogens is 558 g/mol. The van der Waals surface area contributed by atoms with Crippen LogP contribution in [0.4, 0.5) is 17.1 Å². The molecule has 12 heteroatoms. The second kappa shape index (κ2) is 14.5. The molecule has 0 saturated carbocycles. The second-order valence-corrected chi connectivity index (χ2v) is 12.5. The van der Waals surface area contributed by atoms with E-state index in [1.807, 2.05) is 43.3 Å². The predicted octanol–water partition coefficient (Wildman–Crippen LogP) is 4.78. The van der Waals surface area contributed by atoms with E-state index in [-0.39, 0.29) is 18.0 Å². The first-order chi connectivity index (χ1) is 20.2. The van der Waals surface area contributed by atoms with E-state index < -0.39 is 33.8 Å². The van der Waals surface area contributed by atoms with E-state index in [9.17, 15) is 29.1 Å². The van der Waals surface area contributed by atoms with Gasteiger partial charge in [0.2, 0.25) is 0 Å². The number of carbonyl (C=O) groups is 1. The van der Waals surface area contributed by atoms with Crippen LogP contribution in [0.3, 0.4) is 0 Å². The van der Waals surface area contributed by atoms with E-state index >= 15 is 0 Å². The number of aliphatic hydroxyl groups is 1. The molecule has 1 saturated heterocycles. The van der Waals surface area contributed by atoms with Crippen LogP contribution in [0.15, 0.2) is 72.8 Å². The molecule has 4 rings (SSSR count). The Bertz CT molecular complexity index is 1360. The SMILES string of the molecule is CCNc1cc(C(=O)NC(Cc2ccccc2)C(O)CNCc2cccc([N+](=O)[O-])c2)cc(N2CCCCS2(O)O)c1. The summed E-state index contributed by atoms with van der Waals surface area (Å²) < 4.78 is 23.0. The number of nitro benzene ring substituents is 1. The van der Waals surface area contributed by atoms with Gasteiger partial charge in [-0.25, -0.2) is 0 Å². The van der Waals surface area contributed by atoms with Gasteiger partial charge in [-0.2, -0.15) is 0 Å². The number of carbonyl (C=O) groups excluding carboxylic acids is 1. The van der Waals surface area contributed by atoms with Gasteiger partial charge in [0.15, 0.2) is 0 Å². The van der Waals surface area contributed by atoms with Gasteiger partial charge in [0.1, 0.15) is 0 Å². The van der Waals surface area contributed by atoms with Crippen molar-refractivity contribution in [3.63, 3.8) is 0 Å². The van der Waals surface area contributed by atoms with Gasteiger partial charge in [-0.3, -0.25) is 28.3 Å². The molecule has 1 aliphatic heterocycles. The van der Waals surface area contributed by atoms with Gasteiger partial charge >= 0.3 is 0 Å². The first-order valence-corrected chi connectivity index (χ1v) is 15.7. The lowest BCUT2D eigenvalue weighted by Gasteiger charge is -2.47. The van der Waals surface area contributed by atoms with E-state index in [4.69, 9.17) is 0 Å². The number of rotatable bonds is 13. The van der Waals surface area contributed by atoms with E-state index in [0.717, 1.165) is 18.4 Å². The maximum Gasteiger partial charge on any atom is 0.269 e. The lowest BCUT2D eigenvalue weighted by molar-refractivity contribution is -0.384. The third kappa shape index (κ3) is 8.43. The molecule has 226 valence electrons. The Labute approximate surface area is 247 Å². The average Bonchev–Trinajstić information content (AvgIpc) is 2.97. The monoisotopic (exact) mass is 597 g/mol. The van der Waals surface area contributed by atoms with Crippen molar-refractivity contribution in [1.82, 2.24) is 10.6 Å². The zero-order valence-electron chi connectivity index (χ0n) is 23.6. The Balaban J connectivity index is 1.52. The van der Waals surface area contributed by atoms with Gasteiger partial charge in [-0.15, -0.1) is 10.8 Å². The molecule has 6 N–H and O–H groups in total. The smallest absolute Gasteiger partial charge is 0.269 e. The quantitative estimate of drug-likeness (QED) is 0.120. The molecule has 0 aliphatic carbocycles. The van der Waals surface area contributed by atoms with Gasteiger partial charge < -0.3 is 21.1 Å². The Morgan fingerprint density at radius 2 is 1.81 bits per heavy atom. The zero-order chi connectivity index (χ0) is 30.1. The fraction of sp³-hybridized carbons (Fsp3) is 0.367. The highest BCUT2D eigenvalue weighted by Crippen LogP contribution is 2.50. The molecule has 1 fully saturated rings. The van der Waals surface area contributed by atoms with Crippen molar-refractivity contribution in [2.45, 2.75) is 44.9 Å². The summed E-state index contributed by atoms with van der Waals surface area (Å²) in [5, 5.41) is 31.6. The van der Waals surface area contributed by atoms with Crippen LogP contribution >= 0.6 is 10.8 Å². The van der Waals surface area contributed by atoms with Crippen molar-refractivity contribution < 1.29 is 23.9 Å². The van der Waals surface area contributed by atoms with Crippen LogP contribution in [0.25, 0.3) is 0 Å². The molecule has 1 heterocycles. The first-order valence-electron chi connectivity index (χ1n) is 14.1. The van der Waals surface area contributed by atoms with Crippen LogP contribution in [-0.2, 0) is 13.0 Å². The molecule has 1 amide bonds. The fourth-order valence-electron chi connectivity index (χ4n) is 4.99. The molecule has 0 radical (unpaired) electrons. The number of hydrogen-bond acceptors (Lipinski definition) is 9. The number of benzene rings is 3. The summed E-state index contributed by atoms with van der Waals surface area (Å²) in [6.45, 7) is 3.48. The average molecular weight is 598 g/mol. The van der Waals surface area contributed by atoms with Gasteiger partial charge in [-0.05, 0) is 55.5 Å². The van der Waals surface area contributed by atoms with Crippen LogP contribution in [-0.4, -0.2) is 62.6 Å². The zero-order valence-corrected chi connectivity index (χ0v) is 24.4. The summed E-state index contributed by atoms with van der Waals surface area (Å²) >= 11 is 0. The normalized spacial score (nSPS) is 16.7. The third-order valence-electron chi connectivity index (χ3n) is 7.11. The van der Waals surface area contributed by atoms with E-state index in [1.165, 1.54) is 12.1 Å². The minimum atomic E-state index is -2.98. The maximum atomic E-state index is 13.6. The Morgan fingerprint density at radius 1 is 1.05 bits per heavy atom. The van der Waals surface area contributed by atoms with E-state index in [1.54, 1.807) is 28.6 Å². The predicted molar refractivity (Wildman–Crippen MR) is 167 cm³/mol. The van der Waals surface area contributed by atoms with Crippen LogP contribution in [0.5, 0.6) is 0 Å². The molecule has 0 bridgehead atoms. The number of amides is 1. The van der Waals surface area contributed by atoms with Crippen LogP contribution < -0.4 is 20.3 Å². The minimum absolute atomic E-state index is 0.00554. The number of hydrogen-bond donors (Lipinski definition) is 6. The van der Waals surface area contributed by atoms with Gasteiger partial charge in [0, 0.05) is 49.6 Å². The summed E-state index contributed by atoms with van der Waals surface area (Å²) in [6, 6.07) is 20.3. The summed E-state index contributed by atoms with van der Waals surface area (Å²) in [7, 11) is -2.98. The fourth-order valence-corrected chi connectivity index (χ4v) is 6.66. The van der Waals surface area contributed by atoms with E-state index in [0.29, 0.717) is 48.6 Å². The molecular formula is C30H39N5O6S. The van der Waals surface area contributed by atoms with Crippen molar-refractivity contribution in [1.29, 1.82) is 0 Å².